The molecule has 2 heterocycles. The first-order valence-electron chi connectivity index (χ1n) is 12.4. The number of aliphatic carboxylic acids is 1. The van der Waals surface area contributed by atoms with Crippen LogP contribution in [-0.4, -0.2) is 33.9 Å². The second kappa shape index (κ2) is 10.2. The van der Waals surface area contributed by atoms with Crippen LogP contribution in [0, 0.1) is 13.8 Å². The molecule has 3 aromatic carbocycles. The fourth-order valence-corrected chi connectivity index (χ4v) is 5.20. The van der Waals surface area contributed by atoms with Gasteiger partial charge in [-0.2, -0.15) is 5.10 Å². The molecule has 0 amide bonds. The van der Waals surface area contributed by atoms with Crippen molar-refractivity contribution in [2.24, 2.45) is 0 Å². The third-order valence-corrected chi connectivity index (χ3v) is 7.21. The summed E-state index contributed by atoms with van der Waals surface area (Å²) in [4.78, 5) is 14.6. The van der Waals surface area contributed by atoms with Crippen LogP contribution in [0.3, 0.4) is 0 Å². The van der Waals surface area contributed by atoms with Gasteiger partial charge in [0.2, 0.25) is 0 Å². The monoisotopic (exact) mass is 499 g/mol. The van der Waals surface area contributed by atoms with E-state index in [1.807, 2.05) is 79.2 Å². The normalized spacial score (nSPS) is 14.2. The lowest BCUT2D eigenvalue weighted by Gasteiger charge is -2.19. The van der Waals surface area contributed by atoms with Crippen LogP contribution in [0.5, 0.6) is 0 Å². The van der Waals surface area contributed by atoms with Gasteiger partial charge in [0, 0.05) is 30.8 Å². The average molecular weight is 500 g/mol. The van der Waals surface area contributed by atoms with E-state index in [9.17, 15) is 9.90 Å². The van der Waals surface area contributed by atoms with E-state index in [2.05, 4.69) is 17.0 Å². The highest BCUT2D eigenvalue weighted by molar-refractivity contribution is 6.33. The molecule has 1 aliphatic rings. The summed E-state index contributed by atoms with van der Waals surface area (Å²) in [6.07, 6.45) is 2.69. The highest BCUT2D eigenvalue weighted by Crippen LogP contribution is 2.35. The van der Waals surface area contributed by atoms with E-state index >= 15 is 0 Å². The topological polar surface area (TPSA) is 58.4 Å². The van der Waals surface area contributed by atoms with Gasteiger partial charge in [-0.1, -0.05) is 59.1 Å². The van der Waals surface area contributed by atoms with Crippen LogP contribution in [0.4, 0.5) is 5.69 Å². The summed E-state index contributed by atoms with van der Waals surface area (Å²) in [7, 11) is 0. The Bertz CT molecular complexity index is 1390. The first-order chi connectivity index (χ1) is 17.4. The number of hydrogen-bond donors (Lipinski definition) is 1. The predicted molar refractivity (Wildman–Crippen MR) is 145 cm³/mol. The molecule has 1 aliphatic heterocycles. The third kappa shape index (κ3) is 5.02. The smallest absolute Gasteiger partial charge is 0.311 e. The molecule has 6 heteroatoms. The number of nitrogens with zero attached hydrogens (tertiary/aromatic N) is 3. The highest BCUT2D eigenvalue weighted by Gasteiger charge is 2.24. The number of halogens is 1. The summed E-state index contributed by atoms with van der Waals surface area (Å²) >= 11 is 6.84. The molecule has 1 atom stereocenters. The van der Waals surface area contributed by atoms with Crippen molar-refractivity contribution in [3.8, 4) is 16.9 Å². The maximum absolute atomic E-state index is 12.2. The molecule has 4 aromatic rings. The Balaban J connectivity index is 1.56. The molecule has 36 heavy (non-hydrogen) atoms. The van der Waals surface area contributed by atoms with Gasteiger partial charge < -0.3 is 10.0 Å². The van der Waals surface area contributed by atoms with Gasteiger partial charge in [0.05, 0.1) is 28.0 Å². The quantitative estimate of drug-likeness (QED) is 0.303. The summed E-state index contributed by atoms with van der Waals surface area (Å²) < 4.78 is 1.88. The van der Waals surface area contributed by atoms with Crippen LogP contribution >= 0.6 is 11.6 Å². The van der Waals surface area contributed by atoms with E-state index in [1.165, 1.54) is 12.8 Å². The number of anilines is 1. The van der Waals surface area contributed by atoms with Crippen molar-refractivity contribution >= 4 is 23.3 Å². The molecule has 0 spiro atoms. The van der Waals surface area contributed by atoms with Gasteiger partial charge in [-0.15, -0.1) is 0 Å². The Morgan fingerprint density at radius 3 is 2.33 bits per heavy atom. The summed E-state index contributed by atoms with van der Waals surface area (Å²) in [6.45, 7) is 6.13. The number of carbonyl (C=O) groups is 1. The number of aryl methyl sites for hydroxylation is 2. The third-order valence-electron chi connectivity index (χ3n) is 6.89. The fourth-order valence-electron chi connectivity index (χ4n) is 4.93. The van der Waals surface area contributed by atoms with Crippen molar-refractivity contribution in [3.05, 3.63) is 100 Å². The molecule has 0 aliphatic carbocycles. The molecule has 0 bridgehead atoms. The van der Waals surface area contributed by atoms with Crippen molar-refractivity contribution in [3.63, 3.8) is 0 Å². The molecule has 184 valence electrons. The fraction of sp³-hybridized carbons (Fsp3) is 0.267. The van der Waals surface area contributed by atoms with E-state index in [0.29, 0.717) is 10.7 Å². The Labute approximate surface area is 217 Å². The van der Waals surface area contributed by atoms with Crippen LogP contribution in [0.25, 0.3) is 16.9 Å². The van der Waals surface area contributed by atoms with E-state index < -0.39 is 11.9 Å². The molecule has 0 radical (unpaired) electrons. The molecule has 1 N–H and O–H groups in total. The molecule has 5 nitrogen and oxygen atoms in total. The van der Waals surface area contributed by atoms with Crippen molar-refractivity contribution < 1.29 is 9.90 Å². The summed E-state index contributed by atoms with van der Waals surface area (Å²) in [6, 6.07) is 24.0. The zero-order valence-corrected chi connectivity index (χ0v) is 21.4. The zero-order chi connectivity index (χ0) is 25.2. The Morgan fingerprint density at radius 2 is 1.67 bits per heavy atom. The molecule has 0 saturated carbocycles. The van der Waals surface area contributed by atoms with Crippen LogP contribution in [0.15, 0.2) is 72.8 Å². The van der Waals surface area contributed by atoms with E-state index in [4.69, 9.17) is 16.7 Å². The summed E-state index contributed by atoms with van der Waals surface area (Å²) in [5, 5.41) is 15.6. The minimum atomic E-state index is -0.861. The van der Waals surface area contributed by atoms with Gasteiger partial charge in [-0.3, -0.25) is 4.79 Å². The minimum absolute atomic E-state index is 0.286. The van der Waals surface area contributed by atoms with Crippen molar-refractivity contribution in [1.29, 1.82) is 0 Å². The van der Waals surface area contributed by atoms with Crippen LogP contribution in [-0.2, 0) is 11.2 Å². The van der Waals surface area contributed by atoms with Crippen LogP contribution < -0.4 is 4.90 Å². The van der Waals surface area contributed by atoms with Gasteiger partial charge in [0.25, 0.3) is 0 Å². The molecule has 1 fully saturated rings. The number of rotatable bonds is 7. The van der Waals surface area contributed by atoms with Crippen molar-refractivity contribution in [2.75, 3.05) is 18.0 Å². The standard InChI is InChI=1S/C30H30ClN3O2/c1-20-8-10-24(11-9-20)34-29(26-13-12-25(19-28(26)31)33-14-3-4-15-33)18-23(32-34)17-27(30(35)36)22-7-5-6-21(2)16-22/h5-13,16,18-19,27H,3-4,14-15,17H2,1-2H3,(H,35,36). The van der Waals surface area contributed by atoms with Crippen LogP contribution in [0.1, 0.15) is 41.1 Å². The Morgan fingerprint density at radius 1 is 0.944 bits per heavy atom. The van der Waals surface area contributed by atoms with Crippen molar-refractivity contribution in [2.45, 2.75) is 39.0 Å². The lowest BCUT2D eigenvalue weighted by Crippen LogP contribution is -2.17. The SMILES string of the molecule is Cc1ccc(-n2nc(CC(C(=O)O)c3cccc(C)c3)cc2-c2ccc(N3CCCC3)cc2Cl)cc1. The lowest BCUT2D eigenvalue weighted by molar-refractivity contribution is -0.138. The Hall–Kier alpha value is -3.57. The van der Waals surface area contributed by atoms with Crippen molar-refractivity contribution in [1.82, 2.24) is 9.78 Å². The van der Waals surface area contributed by atoms with E-state index in [-0.39, 0.29) is 6.42 Å². The van der Waals surface area contributed by atoms with E-state index in [1.54, 1.807) is 0 Å². The maximum atomic E-state index is 12.2. The number of carboxylic acids is 1. The lowest BCUT2D eigenvalue weighted by atomic mass is 9.93. The summed E-state index contributed by atoms with van der Waals surface area (Å²) in [5.41, 5.74) is 7.44. The van der Waals surface area contributed by atoms with E-state index in [0.717, 1.165) is 52.4 Å². The highest BCUT2D eigenvalue weighted by atomic mass is 35.5. The van der Waals surface area contributed by atoms with Gasteiger partial charge in [-0.05, 0) is 68.7 Å². The molecular formula is C30H30ClN3O2. The zero-order valence-electron chi connectivity index (χ0n) is 20.6. The summed E-state index contributed by atoms with van der Waals surface area (Å²) in [5.74, 6) is -1.55. The minimum Gasteiger partial charge on any atom is -0.481 e. The van der Waals surface area contributed by atoms with Gasteiger partial charge in [0.1, 0.15) is 0 Å². The van der Waals surface area contributed by atoms with Crippen LogP contribution in [0.2, 0.25) is 5.02 Å². The number of carboxylic acid groups (broad SMARTS) is 1. The number of aromatic nitrogens is 2. The van der Waals surface area contributed by atoms with Gasteiger partial charge in [0.15, 0.2) is 0 Å². The molecule has 1 saturated heterocycles. The largest absolute Gasteiger partial charge is 0.481 e. The number of hydrogen-bond acceptors (Lipinski definition) is 3. The second-order valence-corrected chi connectivity index (χ2v) is 10.0. The number of benzene rings is 3. The molecular weight excluding hydrogens is 470 g/mol. The van der Waals surface area contributed by atoms with Gasteiger partial charge >= 0.3 is 5.97 Å². The van der Waals surface area contributed by atoms with Gasteiger partial charge in [-0.25, -0.2) is 4.68 Å². The predicted octanol–water partition coefficient (Wildman–Crippen LogP) is 6.82. The first-order valence-corrected chi connectivity index (χ1v) is 12.8. The Kier molecular flexibility index (Phi) is 6.84. The average Bonchev–Trinajstić information content (AvgIpc) is 3.53. The first kappa shape index (κ1) is 24.1. The molecule has 1 unspecified atom stereocenters. The molecule has 5 rings (SSSR count). The maximum Gasteiger partial charge on any atom is 0.311 e. The molecule has 1 aromatic heterocycles. The second-order valence-electron chi connectivity index (χ2n) is 9.64.